The van der Waals surface area contributed by atoms with Gasteiger partial charge in [0.15, 0.2) is 0 Å². The van der Waals surface area contributed by atoms with Crippen LogP contribution in [0.4, 0.5) is 5.69 Å². The molecule has 0 saturated heterocycles. The highest BCUT2D eigenvalue weighted by atomic mass is 15.1. The monoisotopic (exact) mass is 217 g/mol. The van der Waals surface area contributed by atoms with Gasteiger partial charge in [0.1, 0.15) is 5.54 Å². The van der Waals surface area contributed by atoms with E-state index in [1.54, 1.807) is 6.92 Å². The van der Waals surface area contributed by atoms with Gasteiger partial charge in [-0.2, -0.15) is 5.26 Å². The van der Waals surface area contributed by atoms with Crippen molar-refractivity contribution in [2.24, 2.45) is 5.73 Å². The Morgan fingerprint density at radius 2 is 2.19 bits per heavy atom. The SMILES string of the molecule is Cc1cccc(N(C)CCC(C)(N)C#N)c1. The van der Waals surface area contributed by atoms with Crippen LogP contribution in [-0.2, 0) is 0 Å². The van der Waals surface area contributed by atoms with Crippen molar-refractivity contribution >= 4 is 5.69 Å². The van der Waals surface area contributed by atoms with E-state index in [9.17, 15) is 0 Å². The van der Waals surface area contributed by atoms with Gasteiger partial charge in [-0.25, -0.2) is 0 Å². The largest absolute Gasteiger partial charge is 0.374 e. The Morgan fingerprint density at radius 3 is 2.75 bits per heavy atom. The maximum Gasteiger partial charge on any atom is 0.103 e. The highest BCUT2D eigenvalue weighted by Crippen LogP contribution is 2.15. The third-order valence-electron chi connectivity index (χ3n) is 2.66. The summed E-state index contributed by atoms with van der Waals surface area (Å²) in [5.74, 6) is 0. The zero-order chi connectivity index (χ0) is 12.2. The molecule has 1 unspecified atom stereocenters. The van der Waals surface area contributed by atoms with Gasteiger partial charge in [-0.1, -0.05) is 12.1 Å². The minimum atomic E-state index is -0.738. The predicted octanol–water partition coefficient (Wildman–Crippen LogP) is 2.06. The molecule has 1 rings (SSSR count). The molecule has 0 aromatic heterocycles. The van der Waals surface area contributed by atoms with Gasteiger partial charge in [-0.05, 0) is 38.0 Å². The fraction of sp³-hybridized carbons (Fsp3) is 0.462. The zero-order valence-electron chi connectivity index (χ0n) is 10.2. The first-order valence-electron chi connectivity index (χ1n) is 5.42. The van der Waals surface area contributed by atoms with Crippen molar-refractivity contribution in [1.29, 1.82) is 5.26 Å². The average molecular weight is 217 g/mol. The molecule has 0 aliphatic heterocycles. The van der Waals surface area contributed by atoms with Gasteiger partial charge in [0.25, 0.3) is 0 Å². The minimum absolute atomic E-state index is 0.661. The first kappa shape index (κ1) is 12.5. The summed E-state index contributed by atoms with van der Waals surface area (Å²) in [4.78, 5) is 2.12. The molecule has 2 N–H and O–H groups in total. The van der Waals surface area contributed by atoms with E-state index in [1.165, 1.54) is 5.56 Å². The number of rotatable bonds is 4. The number of nitriles is 1. The van der Waals surface area contributed by atoms with Crippen LogP contribution in [0.2, 0.25) is 0 Å². The van der Waals surface area contributed by atoms with Crippen LogP contribution in [-0.4, -0.2) is 19.1 Å². The van der Waals surface area contributed by atoms with Gasteiger partial charge in [0, 0.05) is 19.3 Å². The van der Waals surface area contributed by atoms with Crippen molar-refractivity contribution in [2.75, 3.05) is 18.5 Å². The van der Waals surface area contributed by atoms with Crippen LogP contribution in [0.5, 0.6) is 0 Å². The minimum Gasteiger partial charge on any atom is -0.374 e. The average Bonchev–Trinajstić information content (AvgIpc) is 2.26. The molecule has 16 heavy (non-hydrogen) atoms. The van der Waals surface area contributed by atoms with Crippen LogP contribution in [0.3, 0.4) is 0 Å². The van der Waals surface area contributed by atoms with Crippen LogP contribution < -0.4 is 10.6 Å². The Labute approximate surface area is 97.5 Å². The van der Waals surface area contributed by atoms with Crippen LogP contribution in [0, 0.1) is 18.3 Å². The van der Waals surface area contributed by atoms with Crippen molar-refractivity contribution in [3.05, 3.63) is 29.8 Å². The van der Waals surface area contributed by atoms with E-state index in [2.05, 4.69) is 36.1 Å². The second-order valence-electron chi connectivity index (χ2n) is 4.54. The molecule has 3 nitrogen and oxygen atoms in total. The summed E-state index contributed by atoms with van der Waals surface area (Å²) in [5.41, 5.74) is 7.44. The standard InChI is InChI=1S/C13H19N3/c1-11-5-4-6-12(9-11)16(3)8-7-13(2,15)10-14/h4-6,9H,7-8,15H2,1-3H3. The Balaban J connectivity index is 2.60. The van der Waals surface area contributed by atoms with Crippen molar-refractivity contribution in [3.8, 4) is 6.07 Å². The summed E-state index contributed by atoms with van der Waals surface area (Å²) >= 11 is 0. The van der Waals surface area contributed by atoms with E-state index in [0.717, 1.165) is 12.2 Å². The van der Waals surface area contributed by atoms with Gasteiger partial charge >= 0.3 is 0 Å². The Kier molecular flexibility index (Phi) is 3.92. The number of anilines is 1. The molecule has 0 bridgehead atoms. The molecular weight excluding hydrogens is 198 g/mol. The number of aryl methyl sites for hydroxylation is 1. The summed E-state index contributed by atoms with van der Waals surface area (Å²) in [6.07, 6.45) is 0.661. The number of nitrogens with two attached hydrogens (primary N) is 1. The zero-order valence-corrected chi connectivity index (χ0v) is 10.2. The van der Waals surface area contributed by atoms with E-state index in [0.29, 0.717) is 6.42 Å². The van der Waals surface area contributed by atoms with E-state index in [-0.39, 0.29) is 0 Å². The third kappa shape index (κ3) is 3.56. The molecule has 1 atom stereocenters. The molecule has 0 aliphatic carbocycles. The summed E-state index contributed by atoms with van der Waals surface area (Å²) in [7, 11) is 2.02. The maximum absolute atomic E-state index is 8.83. The van der Waals surface area contributed by atoms with Crippen LogP contribution in [0.25, 0.3) is 0 Å². The summed E-state index contributed by atoms with van der Waals surface area (Å²) in [6.45, 7) is 4.61. The van der Waals surface area contributed by atoms with Crippen molar-refractivity contribution in [1.82, 2.24) is 0 Å². The molecule has 0 aliphatic rings. The number of nitrogens with zero attached hydrogens (tertiary/aromatic N) is 2. The highest BCUT2D eigenvalue weighted by molar-refractivity contribution is 5.47. The van der Waals surface area contributed by atoms with Crippen molar-refractivity contribution in [3.63, 3.8) is 0 Å². The Morgan fingerprint density at radius 1 is 1.50 bits per heavy atom. The number of hydrogen-bond donors (Lipinski definition) is 1. The van der Waals surface area contributed by atoms with Crippen molar-refractivity contribution in [2.45, 2.75) is 25.8 Å². The summed E-state index contributed by atoms with van der Waals surface area (Å²) < 4.78 is 0. The third-order valence-corrected chi connectivity index (χ3v) is 2.66. The van der Waals surface area contributed by atoms with E-state index in [4.69, 9.17) is 11.0 Å². The second-order valence-corrected chi connectivity index (χ2v) is 4.54. The highest BCUT2D eigenvalue weighted by Gasteiger charge is 2.17. The fourth-order valence-electron chi connectivity index (χ4n) is 1.45. The molecule has 1 aromatic carbocycles. The number of benzene rings is 1. The summed E-state index contributed by atoms with van der Waals surface area (Å²) in [5, 5.41) is 8.83. The van der Waals surface area contributed by atoms with E-state index in [1.807, 2.05) is 13.1 Å². The lowest BCUT2D eigenvalue weighted by Gasteiger charge is -2.23. The molecule has 0 heterocycles. The summed E-state index contributed by atoms with van der Waals surface area (Å²) in [6, 6.07) is 10.4. The van der Waals surface area contributed by atoms with E-state index >= 15 is 0 Å². The topological polar surface area (TPSA) is 53.0 Å². The molecule has 0 radical (unpaired) electrons. The molecule has 0 saturated carbocycles. The fourth-order valence-corrected chi connectivity index (χ4v) is 1.45. The molecule has 0 fully saturated rings. The van der Waals surface area contributed by atoms with Crippen LogP contribution in [0.15, 0.2) is 24.3 Å². The lowest BCUT2D eigenvalue weighted by Crippen LogP contribution is -2.38. The van der Waals surface area contributed by atoms with Crippen LogP contribution >= 0.6 is 0 Å². The smallest absolute Gasteiger partial charge is 0.103 e. The second kappa shape index (κ2) is 5.00. The quantitative estimate of drug-likeness (QED) is 0.840. The van der Waals surface area contributed by atoms with Crippen LogP contribution in [0.1, 0.15) is 18.9 Å². The Bertz CT molecular complexity index is 390. The number of hydrogen-bond acceptors (Lipinski definition) is 3. The first-order chi connectivity index (χ1) is 7.44. The molecule has 0 spiro atoms. The lowest BCUT2D eigenvalue weighted by molar-refractivity contribution is 0.547. The van der Waals surface area contributed by atoms with Gasteiger partial charge < -0.3 is 10.6 Å². The first-order valence-corrected chi connectivity index (χ1v) is 5.42. The van der Waals surface area contributed by atoms with Crippen molar-refractivity contribution < 1.29 is 0 Å². The van der Waals surface area contributed by atoms with Gasteiger partial charge in [-0.15, -0.1) is 0 Å². The van der Waals surface area contributed by atoms with Gasteiger partial charge in [-0.3, -0.25) is 0 Å². The van der Waals surface area contributed by atoms with E-state index < -0.39 is 5.54 Å². The van der Waals surface area contributed by atoms with Gasteiger partial charge in [0.05, 0.1) is 6.07 Å². The molecule has 1 aromatic rings. The van der Waals surface area contributed by atoms with Gasteiger partial charge in [0.2, 0.25) is 0 Å². The molecule has 3 heteroatoms. The lowest BCUT2D eigenvalue weighted by atomic mass is 10.0. The molecular formula is C13H19N3. The Hall–Kier alpha value is -1.53. The molecule has 0 amide bonds. The normalized spacial score (nSPS) is 13.9. The maximum atomic E-state index is 8.83. The predicted molar refractivity (Wildman–Crippen MR) is 67.3 cm³/mol. The molecule has 86 valence electrons.